The van der Waals surface area contributed by atoms with E-state index in [2.05, 4.69) is 26.3 Å². The topological polar surface area (TPSA) is 56.2 Å². The Balaban J connectivity index is 1.40. The van der Waals surface area contributed by atoms with Crippen molar-refractivity contribution in [2.45, 2.75) is 13.2 Å². The minimum Gasteiger partial charge on any atom is -0.488 e. The summed E-state index contributed by atoms with van der Waals surface area (Å²) >= 11 is 9.52. The van der Waals surface area contributed by atoms with E-state index in [1.807, 2.05) is 30.3 Å². The number of nitrogens with zero attached hydrogens (tertiary/aromatic N) is 2. The fraction of sp³-hybridized carbons (Fsp3) is 0.0833. The summed E-state index contributed by atoms with van der Waals surface area (Å²) in [6.45, 7) is 0.477. The van der Waals surface area contributed by atoms with Crippen molar-refractivity contribution in [3.63, 3.8) is 0 Å². The molecule has 0 spiro atoms. The Morgan fingerprint density at radius 2 is 1.91 bits per heavy atom. The molecule has 4 aromatic rings. The van der Waals surface area contributed by atoms with E-state index in [1.54, 1.807) is 42.6 Å². The molecule has 32 heavy (non-hydrogen) atoms. The first kappa shape index (κ1) is 22.0. The minimum absolute atomic E-state index is 0.156. The van der Waals surface area contributed by atoms with E-state index >= 15 is 0 Å². The van der Waals surface area contributed by atoms with E-state index in [4.69, 9.17) is 16.3 Å². The third kappa shape index (κ3) is 5.36. The van der Waals surface area contributed by atoms with E-state index in [9.17, 15) is 9.18 Å². The molecule has 1 amide bonds. The van der Waals surface area contributed by atoms with Crippen LogP contribution in [0.25, 0.3) is 0 Å². The Bertz CT molecular complexity index is 1240. The molecular weight excluding hydrogens is 497 g/mol. The van der Waals surface area contributed by atoms with Crippen LogP contribution in [0, 0.1) is 5.82 Å². The molecular formula is C24H18BrClFN3O2. The molecule has 8 heteroatoms. The van der Waals surface area contributed by atoms with Gasteiger partial charge in [0, 0.05) is 28.4 Å². The number of anilines is 1. The van der Waals surface area contributed by atoms with Gasteiger partial charge < -0.3 is 10.1 Å². The van der Waals surface area contributed by atoms with E-state index in [0.29, 0.717) is 28.6 Å². The summed E-state index contributed by atoms with van der Waals surface area (Å²) in [5.41, 5.74) is 1.67. The second-order valence-corrected chi connectivity index (χ2v) is 8.23. The molecule has 5 nitrogen and oxygen atoms in total. The maximum atomic E-state index is 14.0. The van der Waals surface area contributed by atoms with Crippen molar-refractivity contribution in [2.75, 3.05) is 5.32 Å². The molecule has 0 saturated carbocycles. The van der Waals surface area contributed by atoms with Gasteiger partial charge in [-0.15, -0.1) is 0 Å². The van der Waals surface area contributed by atoms with Gasteiger partial charge in [-0.1, -0.05) is 41.9 Å². The third-order valence-corrected chi connectivity index (χ3v) is 5.69. The van der Waals surface area contributed by atoms with Crippen LogP contribution in [0.1, 0.15) is 21.5 Å². The quantitative estimate of drug-likeness (QED) is 0.314. The highest BCUT2D eigenvalue weighted by molar-refractivity contribution is 9.10. The molecule has 3 aromatic carbocycles. The average Bonchev–Trinajstić information content (AvgIpc) is 3.23. The third-order valence-electron chi connectivity index (χ3n) is 4.68. The van der Waals surface area contributed by atoms with Gasteiger partial charge in [-0.2, -0.15) is 5.10 Å². The first-order chi connectivity index (χ1) is 15.5. The molecule has 0 fully saturated rings. The van der Waals surface area contributed by atoms with Crippen LogP contribution in [-0.4, -0.2) is 15.7 Å². The van der Waals surface area contributed by atoms with Crippen LogP contribution in [0.4, 0.5) is 10.2 Å². The number of hydrogen-bond donors (Lipinski definition) is 1. The van der Waals surface area contributed by atoms with Crippen LogP contribution in [0.5, 0.6) is 5.75 Å². The number of carbonyl (C=O) groups excluding carboxylic acids is 1. The highest BCUT2D eigenvalue weighted by atomic mass is 79.9. The lowest BCUT2D eigenvalue weighted by atomic mass is 10.1. The number of nitrogens with one attached hydrogen (secondary N) is 1. The summed E-state index contributed by atoms with van der Waals surface area (Å²) in [7, 11) is 0. The van der Waals surface area contributed by atoms with Crippen LogP contribution in [0.15, 0.2) is 83.5 Å². The largest absolute Gasteiger partial charge is 0.488 e. The summed E-state index contributed by atoms with van der Waals surface area (Å²) in [4.78, 5) is 12.7. The predicted octanol–water partition coefficient (Wildman–Crippen LogP) is 6.32. The van der Waals surface area contributed by atoms with Crippen molar-refractivity contribution in [1.82, 2.24) is 9.78 Å². The lowest BCUT2D eigenvalue weighted by Gasteiger charge is -2.09. The fourth-order valence-corrected chi connectivity index (χ4v) is 3.70. The minimum atomic E-state index is -0.403. The van der Waals surface area contributed by atoms with Crippen molar-refractivity contribution in [3.8, 4) is 5.75 Å². The van der Waals surface area contributed by atoms with E-state index < -0.39 is 5.82 Å². The zero-order valence-electron chi connectivity index (χ0n) is 16.8. The van der Waals surface area contributed by atoms with Crippen LogP contribution in [0.2, 0.25) is 5.02 Å². The monoisotopic (exact) mass is 513 g/mol. The summed E-state index contributed by atoms with van der Waals surface area (Å²) in [5.74, 6) is 0.377. The predicted molar refractivity (Wildman–Crippen MR) is 126 cm³/mol. The Morgan fingerprint density at radius 1 is 1.09 bits per heavy atom. The molecule has 0 unspecified atom stereocenters. The summed E-state index contributed by atoms with van der Waals surface area (Å²) in [5, 5.41) is 7.38. The van der Waals surface area contributed by atoms with Crippen LogP contribution in [-0.2, 0) is 13.2 Å². The first-order valence-corrected chi connectivity index (χ1v) is 10.9. The number of ether oxygens (including phenoxy) is 1. The number of halogens is 3. The van der Waals surface area contributed by atoms with Gasteiger partial charge in [0.25, 0.3) is 5.91 Å². The van der Waals surface area contributed by atoms with Gasteiger partial charge in [0.15, 0.2) is 5.82 Å². The molecule has 0 radical (unpaired) electrons. The van der Waals surface area contributed by atoms with Gasteiger partial charge in [0.1, 0.15) is 18.2 Å². The normalized spacial score (nSPS) is 10.7. The summed E-state index contributed by atoms with van der Waals surface area (Å²) in [6.07, 6.45) is 1.65. The van der Waals surface area contributed by atoms with Gasteiger partial charge in [-0.3, -0.25) is 9.48 Å². The zero-order valence-corrected chi connectivity index (χ0v) is 19.1. The molecule has 0 aliphatic rings. The van der Waals surface area contributed by atoms with Gasteiger partial charge in [0.2, 0.25) is 0 Å². The first-order valence-electron chi connectivity index (χ1n) is 9.73. The summed E-state index contributed by atoms with van der Waals surface area (Å²) in [6, 6.07) is 20.9. The van der Waals surface area contributed by atoms with Crippen LogP contribution < -0.4 is 10.1 Å². The Hall–Kier alpha value is -3.16. The van der Waals surface area contributed by atoms with E-state index in [1.165, 1.54) is 10.7 Å². The number of amides is 1. The lowest BCUT2D eigenvalue weighted by Crippen LogP contribution is -2.13. The molecule has 162 valence electrons. The number of para-hydroxylation sites is 1. The molecule has 0 saturated heterocycles. The SMILES string of the molecule is O=C(Nc1ccn(Cc2c(F)cccc2Cl)n1)c1cccc(COc2ccccc2Br)c1. The molecule has 0 bridgehead atoms. The molecule has 1 aromatic heterocycles. The maximum absolute atomic E-state index is 14.0. The Labute approximate surface area is 197 Å². The van der Waals surface area contributed by atoms with Gasteiger partial charge >= 0.3 is 0 Å². The van der Waals surface area contributed by atoms with Crippen LogP contribution in [0.3, 0.4) is 0 Å². The van der Waals surface area contributed by atoms with Gasteiger partial charge in [0.05, 0.1) is 11.0 Å². The second-order valence-electron chi connectivity index (χ2n) is 6.97. The van der Waals surface area contributed by atoms with Crippen molar-refractivity contribution in [3.05, 3.63) is 111 Å². The van der Waals surface area contributed by atoms with Crippen molar-refractivity contribution in [2.24, 2.45) is 0 Å². The van der Waals surface area contributed by atoms with Crippen molar-refractivity contribution < 1.29 is 13.9 Å². The molecule has 1 heterocycles. The average molecular weight is 515 g/mol. The fourth-order valence-electron chi connectivity index (χ4n) is 3.08. The molecule has 4 rings (SSSR count). The smallest absolute Gasteiger partial charge is 0.256 e. The molecule has 0 aliphatic heterocycles. The molecule has 0 aliphatic carbocycles. The van der Waals surface area contributed by atoms with Crippen molar-refractivity contribution in [1.29, 1.82) is 0 Å². The van der Waals surface area contributed by atoms with E-state index in [0.717, 1.165) is 15.8 Å². The van der Waals surface area contributed by atoms with Crippen LogP contribution >= 0.6 is 27.5 Å². The van der Waals surface area contributed by atoms with Gasteiger partial charge in [-0.05, 0) is 57.9 Å². The standard InChI is InChI=1S/C24H18BrClFN3O2/c25-19-7-1-2-10-22(19)32-15-16-5-3-6-17(13-16)24(31)28-23-11-12-30(29-23)14-18-20(26)8-4-9-21(18)27/h1-13H,14-15H2,(H,28,29,31). The highest BCUT2D eigenvalue weighted by Crippen LogP contribution is 2.25. The lowest BCUT2D eigenvalue weighted by molar-refractivity contribution is 0.102. The number of hydrogen-bond acceptors (Lipinski definition) is 3. The highest BCUT2D eigenvalue weighted by Gasteiger charge is 2.12. The Morgan fingerprint density at radius 3 is 2.72 bits per heavy atom. The number of rotatable bonds is 7. The number of carbonyl (C=O) groups is 1. The molecule has 0 atom stereocenters. The number of benzene rings is 3. The Kier molecular flexibility index (Phi) is 6.87. The van der Waals surface area contributed by atoms with Crippen molar-refractivity contribution >= 4 is 39.3 Å². The molecule has 1 N–H and O–H groups in total. The number of aromatic nitrogens is 2. The van der Waals surface area contributed by atoms with Gasteiger partial charge in [-0.25, -0.2) is 4.39 Å². The zero-order chi connectivity index (χ0) is 22.5. The van der Waals surface area contributed by atoms with E-state index in [-0.39, 0.29) is 12.5 Å². The maximum Gasteiger partial charge on any atom is 0.256 e. The summed E-state index contributed by atoms with van der Waals surface area (Å²) < 4.78 is 22.2. The second kappa shape index (κ2) is 9.97.